The third-order valence-electron chi connectivity index (χ3n) is 2.46. The first-order chi connectivity index (χ1) is 11.1. The Bertz CT molecular complexity index is 266. The molecule has 7 nitrogen and oxygen atoms in total. The molecule has 0 aliphatic heterocycles. The molecule has 140 valence electrons. The van der Waals surface area contributed by atoms with Gasteiger partial charge in [0, 0.05) is 33.6 Å². The molecule has 3 N–H and O–H groups in total. The van der Waals surface area contributed by atoms with Crippen LogP contribution in [0.5, 0.6) is 0 Å². The van der Waals surface area contributed by atoms with Crippen molar-refractivity contribution in [2.24, 2.45) is 0 Å². The molecule has 1 amide bonds. The van der Waals surface area contributed by atoms with E-state index in [0.29, 0.717) is 19.6 Å². The van der Waals surface area contributed by atoms with Crippen molar-refractivity contribution in [1.29, 1.82) is 0 Å². The average molecular weight is 355 g/mol. The lowest BCUT2D eigenvalue weighted by Gasteiger charge is -2.07. The second-order valence-corrected chi connectivity index (χ2v) is 5.32. The number of aliphatic hydroxyl groups is 1. The third-order valence-corrected chi connectivity index (χ3v) is 3.17. The first-order valence-corrected chi connectivity index (χ1v) is 9.06. The number of Topliss-reactive ketones (excluding diaryl/α,β-unsaturated/α-hetero) is 1. The zero-order chi connectivity index (χ0) is 18.5. The van der Waals surface area contributed by atoms with E-state index >= 15 is 0 Å². The summed E-state index contributed by atoms with van der Waals surface area (Å²) in [5, 5.41) is 9.78. The largest absolute Gasteiger partial charge is 0.400 e. The first kappa shape index (κ1) is 27.3. The number of unbranched alkanes of at least 4 members (excludes halogenated alkanes) is 3. The number of carbonyl (C=O) groups excluding carboxylic acids is 2. The molecule has 1 unspecified atom stereocenters. The predicted octanol–water partition coefficient (Wildman–Crippen LogP) is 2.55. The molecule has 0 aromatic rings. The van der Waals surface area contributed by atoms with E-state index in [0.717, 1.165) is 32.8 Å². The minimum atomic E-state index is -1.71. The monoisotopic (exact) mass is 355 g/mol. The molecular formula is C15H34NO6P. The van der Waals surface area contributed by atoms with E-state index in [1.165, 1.54) is 14.0 Å². The summed E-state index contributed by atoms with van der Waals surface area (Å²) < 4.78 is 9.57. The van der Waals surface area contributed by atoms with Crippen LogP contribution in [0, 0.1) is 0 Å². The van der Waals surface area contributed by atoms with Crippen LogP contribution in [-0.4, -0.2) is 49.1 Å². The van der Waals surface area contributed by atoms with Crippen molar-refractivity contribution < 1.29 is 28.6 Å². The van der Waals surface area contributed by atoms with Crippen LogP contribution in [0.25, 0.3) is 0 Å². The third kappa shape index (κ3) is 26.6. The summed E-state index contributed by atoms with van der Waals surface area (Å²) >= 11 is 0. The number of hydrogen-bond acceptors (Lipinski definition) is 6. The molecule has 0 aromatic heterocycles. The molecule has 1 atom stereocenters. The van der Waals surface area contributed by atoms with Gasteiger partial charge in [-0.1, -0.05) is 26.7 Å². The van der Waals surface area contributed by atoms with E-state index < -0.39 is 8.60 Å². The van der Waals surface area contributed by atoms with E-state index in [2.05, 4.69) is 9.84 Å². The topological polar surface area (TPSA) is 105 Å². The lowest BCUT2D eigenvalue weighted by molar-refractivity contribution is -0.124. The Hall–Kier alpha value is -0.590. The van der Waals surface area contributed by atoms with Crippen LogP contribution < -0.4 is 5.32 Å². The van der Waals surface area contributed by atoms with Gasteiger partial charge in [-0.15, -0.1) is 0 Å². The maximum absolute atomic E-state index is 11.3. The Morgan fingerprint density at radius 2 is 1.61 bits per heavy atom. The van der Waals surface area contributed by atoms with Gasteiger partial charge in [0.15, 0.2) is 0 Å². The van der Waals surface area contributed by atoms with Crippen LogP contribution in [-0.2, 0) is 18.6 Å². The normalized spacial score (nSPS) is 10.6. The second-order valence-electron chi connectivity index (χ2n) is 4.22. The van der Waals surface area contributed by atoms with Gasteiger partial charge in [-0.2, -0.15) is 0 Å². The Kier molecular flexibility index (Phi) is 28.1. The predicted molar refractivity (Wildman–Crippen MR) is 93.0 cm³/mol. The Morgan fingerprint density at radius 1 is 1.04 bits per heavy atom. The highest BCUT2D eigenvalue weighted by Crippen LogP contribution is 2.31. The van der Waals surface area contributed by atoms with Crippen LogP contribution in [0.4, 0.5) is 0 Å². The molecule has 0 spiro atoms. The summed E-state index contributed by atoms with van der Waals surface area (Å²) in [6, 6.07) is 0. The summed E-state index contributed by atoms with van der Waals surface area (Å²) in [6.07, 6.45) is 4.33. The molecule has 0 heterocycles. The highest BCUT2D eigenvalue weighted by atomic mass is 31.2. The summed E-state index contributed by atoms with van der Waals surface area (Å²) in [6.45, 7) is 6.61. The molecule has 0 aliphatic rings. The number of rotatable bonds is 12. The average Bonchev–Trinajstić information content (AvgIpc) is 2.58. The van der Waals surface area contributed by atoms with Gasteiger partial charge in [-0.05, 0) is 19.8 Å². The number of ketones is 1. The standard InChI is InChI=1S/C12H24NO5P.C2H6.CH4O/c1-11(14)7-8-12(15)13-9-5-3-4-6-10-18-19(16)17-2;2*1-2/h16H,3-10H2,1-2H3,(H,13,15);1-2H3;2H,1H3. The number of nitrogens with one attached hydrogen (secondary N) is 1. The van der Waals surface area contributed by atoms with Crippen molar-refractivity contribution >= 4 is 20.3 Å². The summed E-state index contributed by atoms with van der Waals surface area (Å²) in [4.78, 5) is 30.9. The molecule has 8 heteroatoms. The molecule has 0 saturated heterocycles. The second kappa shape index (κ2) is 23.7. The molecule has 0 fully saturated rings. The zero-order valence-electron chi connectivity index (χ0n) is 15.1. The molecule has 0 saturated carbocycles. The van der Waals surface area contributed by atoms with Gasteiger partial charge in [0.25, 0.3) is 0 Å². The summed E-state index contributed by atoms with van der Waals surface area (Å²) in [7, 11) is 0.694. The minimum absolute atomic E-state index is 0.0371. The van der Waals surface area contributed by atoms with Gasteiger partial charge in [-0.3, -0.25) is 4.79 Å². The van der Waals surface area contributed by atoms with Gasteiger partial charge < -0.3 is 29.2 Å². The molecule has 0 radical (unpaired) electrons. The van der Waals surface area contributed by atoms with E-state index in [1.54, 1.807) is 0 Å². The van der Waals surface area contributed by atoms with E-state index in [4.69, 9.17) is 14.5 Å². The first-order valence-electron chi connectivity index (χ1n) is 7.93. The van der Waals surface area contributed by atoms with Crippen molar-refractivity contribution in [1.82, 2.24) is 5.32 Å². The highest BCUT2D eigenvalue weighted by molar-refractivity contribution is 7.40. The van der Waals surface area contributed by atoms with Crippen molar-refractivity contribution in [3.63, 3.8) is 0 Å². The molecule has 0 bridgehead atoms. The van der Waals surface area contributed by atoms with E-state index in [9.17, 15) is 9.59 Å². The SMILES string of the molecule is CC.CO.COP(O)OCCCCCCNC(=O)CCC(C)=O. The van der Waals surface area contributed by atoms with Crippen molar-refractivity contribution in [2.75, 3.05) is 27.4 Å². The maximum Gasteiger partial charge on any atom is 0.329 e. The lowest BCUT2D eigenvalue weighted by atomic mass is 10.2. The van der Waals surface area contributed by atoms with Crippen LogP contribution >= 0.6 is 8.60 Å². The van der Waals surface area contributed by atoms with Crippen LogP contribution in [0.2, 0.25) is 0 Å². The number of hydrogen-bond donors (Lipinski definition) is 3. The van der Waals surface area contributed by atoms with E-state index in [-0.39, 0.29) is 18.1 Å². The quantitative estimate of drug-likeness (QED) is 0.367. The smallest absolute Gasteiger partial charge is 0.329 e. The van der Waals surface area contributed by atoms with Gasteiger partial charge in [0.1, 0.15) is 5.78 Å². The van der Waals surface area contributed by atoms with Crippen LogP contribution in [0.15, 0.2) is 0 Å². The highest BCUT2D eigenvalue weighted by Gasteiger charge is 2.03. The van der Waals surface area contributed by atoms with Gasteiger partial charge >= 0.3 is 8.60 Å². The Balaban J connectivity index is -0.000000919. The van der Waals surface area contributed by atoms with Gasteiger partial charge in [0.05, 0.1) is 6.61 Å². The minimum Gasteiger partial charge on any atom is -0.400 e. The fraction of sp³-hybridized carbons (Fsp3) is 0.867. The van der Waals surface area contributed by atoms with Crippen molar-refractivity contribution in [3.8, 4) is 0 Å². The molecule has 0 rings (SSSR count). The van der Waals surface area contributed by atoms with Gasteiger partial charge in [0.2, 0.25) is 5.91 Å². The number of amides is 1. The molecule has 23 heavy (non-hydrogen) atoms. The maximum atomic E-state index is 11.3. The molecule has 0 aliphatic carbocycles. The van der Waals surface area contributed by atoms with Crippen LogP contribution in [0.3, 0.4) is 0 Å². The van der Waals surface area contributed by atoms with Crippen molar-refractivity contribution in [2.45, 2.75) is 59.3 Å². The molecular weight excluding hydrogens is 321 g/mol. The summed E-state index contributed by atoms with van der Waals surface area (Å²) in [5.74, 6) is -0.0281. The Labute approximate surface area is 141 Å². The van der Waals surface area contributed by atoms with Gasteiger partial charge in [-0.25, -0.2) is 0 Å². The molecule has 0 aromatic carbocycles. The fourth-order valence-corrected chi connectivity index (χ4v) is 1.77. The van der Waals surface area contributed by atoms with Crippen molar-refractivity contribution in [3.05, 3.63) is 0 Å². The zero-order valence-corrected chi connectivity index (χ0v) is 16.0. The van der Waals surface area contributed by atoms with E-state index in [1.807, 2.05) is 13.8 Å². The fourth-order valence-electron chi connectivity index (χ4n) is 1.38. The summed E-state index contributed by atoms with van der Waals surface area (Å²) in [5.41, 5.74) is 0. The lowest BCUT2D eigenvalue weighted by Crippen LogP contribution is -2.24. The number of aliphatic hydroxyl groups excluding tert-OH is 1. The Morgan fingerprint density at radius 3 is 2.13 bits per heavy atom. The van der Waals surface area contributed by atoms with Crippen LogP contribution in [0.1, 0.15) is 59.3 Å². The number of carbonyl (C=O) groups is 2.